The maximum atomic E-state index is 13.6. The van der Waals surface area contributed by atoms with E-state index in [9.17, 15) is 19.2 Å². The molecular formula is C31H26Cl2N4O5. The molecule has 11 heteroatoms. The Kier molecular flexibility index (Phi) is 7.52. The maximum absolute atomic E-state index is 13.6. The van der Waals surface area contributed by atoms with E-state index in [1.54, 1.807) is 42.2 Å². The fraction of sp³-hybridized carbons (Fsp3) is 0.323. The minimum atomic E-state index is -0.672. The first kappa shape index (κ1) is 28.0. The predicted octanol–water partition coefficient (Wildman–Crippen LogP) is 4.62. The molecular weight excluding hydrogens is 579 g/mol. The van der Waals surface area contributed by atoms with Crippen LogP contribution >= 0.6 is 23.2 Å². The first-order valence-corrected chi connectivity index (χ1v) is 14.5. The van der Waals surface area contributed by atoms with Crippen molar-refractivity contribution in [1.82, 2.24) is 20.3 Å². The van der Waals surface area contributed by atoms with E-state index in [1.807, 2.05) is 6.07 Å². The molecule has 2 aromatic carbocycles. The minimum Gasteiger partial charge on any atom is -0.360 e. The zero-order valence-electron chi connectivity index (χ0n) is 22.7. The predicted molar refractivity (Wildman–Crippen MR) is 155 cm³/mol. The second-order valence-electron chi connectivity index (χ2n) is 10.6. The van der Waals surface area contributed by atoms with Crippen molar-refractivity contribution in [1.29, 1.82) is 0 Å². The fourth-order valence-electron chi connectivity index (χ4n) is 5.79. The van der Waals surface area contributed by atoms with Crippen molar-refractivity contribution in [2.45, 2.75) is 45.2 Å². The van der Waals surface area contributed by atoms with E-state index in [1.165, 1.54) is 4.90 Å². The molecule has 0 radical (unpaired) electrons. The molecule has 9 nitrogen and oxygen atoms in total. The van der Waals surface area contributed by atoms with Crippen LogP contribution in [0.1, 0.15) is 63.3 Å². The molecule has 0 aliphatic carbocycles. The van der Waals surface area contributed by atoms with Gasteiger partial charge < -0.3 is 14.3 Å². The summed E-state index contributed by atoms with van der Waals surface area (Å²) >= 11 is 12.8. The van der Waals surface area contributed by atoms with Crippen molar-refractivity contribution in [3.63, 3.8) is 0 Å². The number of likely N-dealkylation sites (tertiary alicyclic amines) is 1. The Hall–Kier alpha value is -4.13. The van der Waals surface area contributed by atoms with Gasteiger partial charge in [-0.25, -0.2) is 0 Å². The van der Waals surface area contributed by atoms with Crippen LogP contribution in [0.5, 0.6) is 0 Å². The average molecular weight is 605 g/mol. The van der Waals surface area contributed by atoms with Gasteiger partial charge in [0.1, 0.15) is 23.1 Å². The van der Waals surface area contributed by atoms with Gasteiger partial charge >= 0.3 is 0 Å². The van der Waals surface area contributed by atoms with Gasteiger partial charge in [0, 0.05) is 48.7 Å². The lowest BCUT2D eigenvalue weighted by molar-refractivity contribution is -0.136. The zero-order valence-corrected chi connectivity index (χ0v) is 24.2. The second-order valence-corrected chi connectivity index (χ2v) is 11.4. The van der Waals surface area contributed by atoms with E-state index in [0.29, 0.717) is 70.5 Å². The number of nitrogens with one attached hydrogen (secondary N) is 1. The van der Waals surface area contributed by atoms with Gasteiger partial charge in [0.05, 0.1) is 10.0 Å². The summed E-state index contributed by atoms with van der Waals surface area (Å²) in [7, 11) is 0. The summed E-state index contributed by atoms with van der Waals surface area (Å²) in [6, 6.07) is 9.85. The van der Waals surface area contributed by atoms with E-state index >= 15 is 0 Å². The highest BCUT2D eigenvalue weighted by Crippen LogP contribution is 2.37. The normalized spacial score (nSPS) is 18.9. The Bertz CT molecular complexity index is 1680. The molecule has 3 aliphatic heterocycles. The van der Waals surface area contributed by atoms with Crippen molar-refractivity contribution in [3.8, 4) is 23.1 Å². The van der Waals surface area contributed by atoms with E-state index < -0.39 is 11.9 Å². The highest BCUT2D eigenvalue weighted by molar-refractivity contribution is 6.39. The van der Waals surface area contributed by atoms with Crippen LogP contribution in [-0.4, -0.2) is 57.7 Å². The van der Waals surface area contributed by atoms with Gasteiger partial charge in [0.15, 0.2) is 0 Å². The third kappa shape index (κ3) is 5.06. The molecule has 1 aromatic heterocycles. The molecule has 214 valence electrons. The number of hydrogen-bond donors (Lipinski definition) is 1. The number of aryl methyl sites for hydroxylation is 1. The highest BCUT2D eigenvalue weighted by atomic mass is 35.5. The Balaban J connectivity index is 1.14. The molecule has 42 heavy (non-hydrogen) atoms. The third-order valence-corrected chi connectivity index (χ3v) is 8.68. The van der Waals surface area contributed by atoms with Crippen LogP contribution in [0.25, 0.3) is 11.3 Å². The van der Waals surface area contributed by atoms with E-state index in [-0.39, 0.29) is 36.6 Å². The Morgan fingerprint density at radius 3 is 2.48 bits per heavy atom. The number of halogens is 2. The lowest BCUT2D eigenvalue weighted by atomic mass is 9.95. The molecule has 3 aliphatic rings. The number of piperidine rings is 2. The van der Waals surface area contributed by atoms with Gasteiger partial charge in [-0.2, -0.15) is 0 Å². The summed E-state index contributed by atoms with van der Waals surface area (Å²) in [5, 5.41) is 7.19. The van der Waals surface area contributed by atoms with Crippen LogP contribution < -0.4 is 5.32 Å². The van der Waals surface area contributed by atoms with Crippen LogP contribution in [0.2, 0.25) is 10.0 Å². The molecule has 0 saturated carbocycles. The number of nitrogens with zero attached hydrogens (tertiary/aromatic N) is 3. The quantitative estimate of drug-likeness (QED) is 0.345. The molecule has 1 atom stereocenters. The number of carbonyl (C=O) groups excluding carboxylic acids is 4. The summed E-state index contributed by atoms with van der Waals surface area (Å²) < 4.78 is 5.38. The standard InChI is InChI=1S/C31H26Cl2N4O5/c1-17-26(28(35-42-17)27-22(32)6-3-7-23(27)33)31(41)36-14-12-18(13-15-36)8-9-19-4-2-5-20-21(19)16-37(30(20)40)24-10-11-25(38)34-29(24)39/h2-7,18,24H,10-16H2,1H3,(H,34,38,39). The molecule has 2 fully saturated rings. The van der Waals surface area contributed by atoms with Crippen LogP contribution in [0.15, 0.2) is 40.9 Å². The molecule has 1 unspecified atom stereocenters. The Morgan fingerprint density at radius 2 is 1.76 bits per heavy atom. The van der Waals surface area contributed by atoms with Crippen LogP contribution in [0, 0.1) is 24.7 Å². The van der Waals surface area contributed by atoms with Crippen molar-refractivity contribution < 1.29 is 23.7 Å². The molecule has 0 bridgehead atoms. The molecule has 6 rings (SSSR count). The fourth-order valence-corrected chi connectivity index (χ4v) is 6.36. The molecule has 4 heterocycles. The van der Waals surface area contributed by atoms with Crippen molar-refractivity contribution in [2.75, 3.05) is 13.1 Å². The summed E-state index contributed by atoms with van der Waals surface area (Å²) in [5.74, 6) is 5.88. The third-order valence-electron chi connectivity index (χ3n) is 8.05. The summed E-state index contributed by atoms with van der Waals surface area (Å²) in [4.78, 5) is 53.9. The molecule has 2 saturated heterocycles. The largest absolute Gasteiger partial charge is 0.360 e. The smallest absolute Gasteiger partial charge is 0.259 e. The summed E-state index contributed by atoms with van der Waals surface area (Å²) in [6.07, 6.45) is 1.88. The van der Waals surface area contributed by atoms with Crippen molar-refractivity contribution in [3.05, 3.63) is 74.5 Å². The maximum Gasteiger partial charge on any atom is 0.259 e. The van der Waals surface area contributed by atoms with E-state index in [0.717, 1.165) is 11.1 Å². The number of benzene rings is 2. The lowest BCUT2D eigenvalue weighted by Crippen LogP contribution is -2.52. The zero-order chi connectivity index (χ0) is 29.5. The average Bonchev–Trinajstić information content (AvgIpc) is 3.51. The highest BCUT2D eigenvalue weighted by Gasteiger charge is 2.39. The summed E-state index contributed by atoms with van der Waals surface area (Å²) in [5.41, 5.74) is 3.21. The van der Waals surface area contributed by atoms with Crippen molar-refractivity contribution >= 4 is 46.8 Å². The Morgan fingerprint density at radius 1 is 1.05 bits per heavy atom. The number of fused-ring (bicyclic) bond motifs is 1. The van der Waals surface area contributed by atoms with Gasteiger partial charge in [-0.15, -0.1) is 0 Å². The SMILES string of the molecule is Cc1onc(-c2c(Cl)cccc2Cl)c1C(=O)N1CCC(C#Cc2cccc3c2CN(C2CCC(=O)NC2=O)C3=O)CC1. The van der Waals surface area contributed by atoms with Crippen LogP contribution in [0.3, 0.4) is 0 Å². The van der Waals surface area contributed by atoms with Gasteiger partial charge in [-0.05, 0) is 56.0 Å². The molecule has 3 aromatic rings. The van der Waals surface area contributed by atoms with E-state index in [2.05, 4.69) is 22.3 Å². The second kappa shape index (κ2) is 11.3. The first-order valence-electron chi connectivity index (χ1n) is 13.7. The lowest BCUT2D eigenvalue weighted by Gasteiger charge is -2.30. The number of hydrogen-bond acceptors (Lipinski definition) is 6. The van der Waals surface area contributed by atoms with Crippen LogP contribution in [-0.2, 0) is 16.1 Å². The van der Waals surface area contributed by atoms with Gasteiger partial charge in [0.2, 0.25) is 11.8 Å². The molecule has 1 N–H and O–H groups in total. The van der Waals surface area contributed by atoms with Gasteiger partial charge in [-0.1, -0.05) is 52.3 Å². The van der Waals surface area contributed by atoms with Gasteiger partial charge in [0.25, 0.3) is 11.8 Å². The molecule has 0 spiro atoms. The number of imide groups is 1. The number of aromatic nitrogens is 1. The first-order chi connectivity index (χ1) is 20.2. The Labute approximate surface area is 252 Å². The number of amides is 4. The number of carbonyl (C=O) groups is 4. The molecule has 4 amide bonds. The van der Waals surface area contributed by atoms with E-state index in [4.69, 9.17) is 27.7 Å². The van der Waals surface area contributed by atoms with Gasteiger partial charge in [-0.3, -0.25) is 24.5 Å². The monoisotopic (exact) mass is 604 g/mol. The number of rotatable bonds is 3. The summed E-state index contributed by atoms with van der Waals surface area (Å²) in [6.45, 7) is 2.98. The minimum absolute atomic E-state index is 0.0642. The topological polar surface area (TPSA) is 113 Å². The van der Waals surface area contributed by atoms with Crippen molar-refractivity contribution in [2.24, 2.45) is 5.92 Å². The van der Waals surface area contributed by atoms with Crippen LogP contribution in [0.4, 0.5) is 0 Å².